The molecule has 0 spiro atoms. The Balaban J connectivity index is 1.76. The van der Waals surface area contributed by atoms with Crippen LogP contribution in [0.2, 0.25) is 5.02 Å². The third-order valence-corrected chi connectivity index (χ3v) is 3.32. The lowest BCUT2D eigenvalue weighted by molar-refractivity contribution is -0.384. The second-order valence-corrected chi connectivity index (χ2v) is 5.06. The molecule has 7 heteroatoms. The SMILES string of the molecule is O=[N+]([O-])c1ccc(Cc2nc(-c3ccc(Cl)cc3)no2)cc1. The maximum atomic E-state index is 10.6. The number of aromatic nitrogens is 2. The Bertz CT molecular complexity index is 798. The summed E-state index contributed by atoms with van der Waals surface area (Å²) in [7, 11) is 0. The van der Waals surface area contributed by atoms with Crippen LogP contribution in [0.1, 0.15) is 11.5 Å². The van der Waals surface area contributed by atoms with E-state index in [1.165, 1.54) is 12.1 Å². The summed E-state index contributed by atoms with van der Waals surface area (Å²) in [6.07, 6.45) is 0.415. The van der Waals surface area contributed by atoms with Crippen LogP contribution < -0.4 is 0 Å². The number of non-ortho nitro benzene ring substituents is 1. The summed E-state index contributed by atoms with van der Waals surface area (Å²) in [5.41, 5.74) is 1.72. The molecule has 0 fully saturated rings. The predicted octanol–water partition coefficient (Wildman–Crippen LogP) is 3.89. The molecule has 0 saturated carbocycles. The van der Waals surface area contributed by atoms with E-state index >= 15 is 0 Å². The summed E-state index contributed by atoms with van der Waals surface area (Å²) in [6, 6.07) is 13.4. The highest BCUT2D eigenvalue weighted by Crippen LogP contribution is 2.20. The average Bonchev–Trinajstić information content (AvgIpc) is 2.97. The molecule has 6 nitrogen and oxygen atoms in total. The minimum absolute atomic E-state index is 0.0520. The second-order valence-electron chi connectivity index (χ2n) is 4.62. The normalized spacial score (nSPS) is 10.6. The van der Waals surface area contributed by atoms with E-state index in [0.717, 1.165) is 11.1 Å². The fraction of sp³-hybridized carbons (Fsp3) is 0.0667. The summed E-state index contributed by atoms with van der Waals surface area (Å²) in [5, 5.41) is 15.2. The molecular formula is C15H10ClN3O3. The molecule has 0 atom stereocenters. The first kappa shape index (κ1) is 14.2. The van der Waals surface area contributed by atoms with Crippen LogP contribution in [-0.4, -0.2) is 15.1 Å². The van der Waals surface area contributed by atoms with Gasteiger partial charge in [0, 0.05) is 22.7 Å². The van der Waals surface area contributed by atoms with Crippen LogP contribution in [0, 0.1) is 10.1 Å². The van der Waals surface area contributed by atoms with Gasteiger partial charge in [0.25, 0.3) is 5.69 Å². The van der Waals surface area contributed by atoms with Crippen molar-refractivity contribution in [2.24, 2.45) is 0 Å². The molecule has 0 aliphatic carbocycles. The molecule has 0 bridgehead atoms. The third kappa shape index (κ3) is 3.12. The third-order valence-electron chi connectivity index (χ3n) is 3.07. The van der Waals surface area contributed by atoms with Crippen molar-refractivity contribution in [3.63, 3.8) is 0 Å². The Morgan fingerprint density at radius 3 is 2.41 bits per heavy atom. The number of hydrogen-bond acceptors (Lipinski definition) is 5. The van der Waals surface area contributed by atoms with Gasteiger partial charge in [-0.1, -0.05) is 28.9 Å². The maximum absolute atomic E-state index is 10.6. The van der Waals surface area contributed by atoms with Crippen LogP contribution in [0.5, 0.6) is 0 Å². The number of benzene rings is 2. The Kier molecular flexibility index (Phi) is 3.84. The van der Waals surface area contributed by atoms with Gasteiger partial charge in [0.1, 0.15) is 0 Å². The summed E-state index contributed by atoms with van der Waals surface area (Å²) in [5.74, 6) is 0.924. The Hall–Kier alpha value is -2.73. The molecule has 1 aromatic heterocycles. The molecule has 3 rings (SSSR count). The van der Waals surface area contributed by atoms with Crippen LogP contribution >= 0.6 is 11.6 Å². The molecule has 110 valence electrons. The smallest absolute Gasteiger partial charge is 0.269 e. The van der Waals surface area contributed by atoms with Crippen LogP contribution in [-0.2, 0) is 6.42 Å². The topological polar surface area (TPSA) is 82.1 Å². The van der Waals surface area contributed by atoms with E-state index in [0.29, 0.717) is 23.2 Å². The van der Waals surface area contributed by atoms with E-state index in [9.17, 15) is 10.1 Å². The molecule has 22 heavy (non-hydrogen) atoms. The van der Waals surface area contributed by atoms with Gasteiger partial charge in [-0.2, -0.15) is 4.98 Å². The van der Waals surface area contributed by atoms with Crippen molar-refractivity contribution in [3.05, 3.63) is 75.1 Å². The van der Waals surface area contributed by atoms with Crippen molar-refractivity contribution < 1.29 is 9.45 Å². The molecule has 0 aliphatic heterocycles. The number of nitro groups is 1. The summed E-state index contributed by atoms with van der Waals surface area (Å²) in [4.78, 5) is 14.5. The van der Waals surface area contributed by atoms with Crippen molar-refractivity contribution in [2.45, 2.75) is 6.42 Å². The molecule has 2 aromatic carbocycles. The van der Waals surface area contributed by atoms with Gasteiger partial charge >= 0.3 is 0 Å². The van der Waals surface area contributed by atoms with Crippen LogP contribution in [0.15, 0.2) is 53.1 Å². The van der Waals surface area contributed by atoms with Crippen molar-refractivity contribution in [1.29, 1.82) is 0 Å². The van der Waals surface area contributed by atoms with E-state index in [1.54, 1.807) is 24.3 Å². The second kappa shape index (κ2) is 5.95. The zero-order chi connectivity index (χ0) is 15.5. The molecule has 0 radical (unpaired) electrons. The van der Waals surface area contributed by atoms with Gasteiger partial charge in [0.15, 0.2) is 0 Å². The largest absolute Gasteiger partial charge is 0.339 e. The minimum atomic E-state index is -0.435. The lowest BCUT2D eigenvalue weighted by atomic mass is 10.1. The molecule has 0 unspecified atom stereocenters. The lowest BCUT2D eigenvalue weighted by Crippen LogP contribution is -1.91. The molecular weight excluding hydrogens is 306 g/mol. The highest BCUT2D eigenvalue weighted by molar-refractivity contribution is 6.30. The van der Waals surface area contributed by atoms with Gasteiger partial charge in [-0.25, -0.2) is 0 Å². The highest BCUT2D eigenvalue weighted by atomic mass is 35.5. The van der Waals surface area contributed by atoms with Crippen LogP contribution in [0.4, 0.5) is 5.69 Å². The fourth-order valence-electron chi connectivity index (χ4n) is 1.95. The highest BCUT2D eigenvalue weighted by Gasteiger charge is 2.10. The van der Waals surface area contributed by atoms with Crippen molar-refractivity contribution in [1.82, 2.24) is 10.1 Å². The quantitative estimate of drug-likeness (QED) is 0.539. The monoisotopic (exact) mass is 315 g/mol. The summed E-state index contributed by atoms with van der Waals surface area (Å²) >= 11 is 5.83. The zero-order valence-corrected chi connectivity index (χ0v) is 12.0. The van der Waals surface area contributed by atoms with E-state index < -0.39 is 4.92 Å². The van der Waals surface area contributed by atoms with Gasteiger partial charge in [-0.15, -0.1) is 0 Å². The van der Waals surface area contributed by atoms with E-state index in [1.807, 2.05) is 12.1 Å². The Labute approximate surface area is 130 Å². The van der Waals surface area contributed by atoms with Gasteiger partial charge in [0.05, 0.1) is 11.3 Å². The van der Waals surface area contributed by atoms with Gasteiger partial charge < -0.3 is 4.52 Å². The number of nitrogens with zero attached hydrogens (tertiary/aromatic N) is 3. The van der Waals surface area contributed by atoms with Gasteiger partial charge in [-0.05, 0) is 29.8 Å². The van der Waals surface area contributed by atoms with E-state index in [2.05, 4.69) is 10.1 Å². The van der Waals surface area contributed by atoms with Gasteiger partial charge in [-0.3, -0.25) is 10.1 Å². The van der Waals surface area contributed by atoms with E-state index in [-0.39, 0.29) is 5.69 Å². The molecule has 1 heterocycles. The minimum Gasteiger partial charge on any atom is -0.339 e. The molecule has 0 aliphatic rings. The number of halogens is 1. The van der Waals surface area contributed by atoms with Crippen LogP contribution in [0.3, 0.4) is 0 Å². The van der Waals surface area contributed by atoms with Crippen molar-refractivity contribution in [3.8, 4) is 11.4 Å². The summed E-state index contributed by atoms with van der Waals surface area (Å²) in [6.45, 7) is 0. The first-order valence-electron chi connectivity index (χ1n) is 6.44. The number of rotatable bonds is 4. The first-order chi connectivity index (χ1) is 10.6. The lowest BCUT2D eigenvalue weighted by Gasteiger charge is -1.96. The average molecular weight is 316 g/mol. The number of nitro benzene ring substituents is 1. The Morgan fingerprint density at radius 2 is 1.77 bits per heavy atom. The predicted molar refractivity (Wildman–Crippen MR) is 80.6 cm³/mol. The standard InChI is InChI=1S/C15H10ClN3O3/c16-12-5-3-11(4-6-12)15-17-14(22-18-15)9-10-1-7-13(8-2-10)19(20)21/h1-8H,9H2. The first-order valence-corrected chi connectivity index (χ1v) is 6.81. The zero-order valence-electron chi connectivity index (χ0n) is 11.3. The van der Waals surface area contributed by atoms with Gasteiger partial charge in [0.2, 0.25) is 11.7 Å². The molecule has 0 saturated heterocycles. The molecule has 0 amide bonds. The fourth-order valence-corrected chi connectivity index (χ4v) is 2.08. The Morgan fingerprint density at radius 1 is 1.09 bits per heavy atom. The van der Waals surface area contributed by atoms with E-state index in [4.69, 9.17) is 16.1 Å². The molecule has 0 N–H and O–H groups in total. The van der Waals surface area contributed by atoms with Crippen molar-refractivity contribution >= 4 is 17.3 Å². The number of hydrogen-bond donors (Lipinski definition) is 0. The van der Waals surface area contributed by atoms with Crippen molar-refractivity contribution in [2.75, 3.05) is 0 Å². The maximum Gasteiger partial charge on any atom is 0.269 e. The molecule has 3 aromatic rings. The summed E-state index contributed by atoms with van der Waals surface area (Å²) < 4.78 is 5.20. The van der Waals surface area contributed by atoms with Crippen LogP contribution in [0.25, 0.3) is 11.4 Å².